The van der Waals surface area contributed by atoms with Gasteiger partial charge in [-0.15, -0.1) is 0 Å². The lowest BCUT2D eigenvalue weighted by Crippen LogP contribution is -2.30. The third-order valence-corrected chi connectivity index (χ3v) is 5.63. The molecule has 0 aliphatic heterocycles. The zero-order valence-corrected chi connectivity index (χ0v) is 18.7. The second-order valence-corrected chi connectivity index (χ2v) is 8.13. The molecule has 8 heteroatoms. The van der Waals surface area contributed by atoms with Crippen LogP contribution in [0.3, 0.4) is 0 Å². The Balaban J connectivity index is 1.81. The van der Waals surface area contributed by atoms with E-state index in [1.807, 2.05) is 61.5 Å². The number of H-pyrrole nitrogens is 2. The van der Waals surface area contributed by atoms with Crippen molar-refractivity contribution in [3.05, 3.63) is 92.4 Å². The van der Waals surface area contributed by atoms with Crippen molar-refractivity contribution in [3.8, 4) is 0 Å². The normalized spacial score (nSPS) is 12.1. The second kappa shape index (κ2) is 9.68. The Morgan fingerprint density at radius 3 is 2.45 bits per heavy atom. The molecule has 0 saturated carbocycles. The first kappa shape index (κ1) is 22.3. The Morgan fingerprint density at radius 2 is 1.79 bits per heavy atom. The maximum absolute atomic E-state index is 12.5. The highest BCUT2D eigenvalue weighted by Crippen LogP contribution is 2.29. The summed E-state index contributed by atoms with van der Waals surface area (Å²) in [4.78, 5) is 46.7. The quantitative estimate of drug-likeness (QED) is 0.385. The number of fused-ring (bicyclic) bond motifs is 1. The second-order valence-electron chi connectivity index (χ2n) is 8.13. The number of imidazole rings is 1. The number of nitrogens with one attached hydrogen (secondary N) is 3. The summed E-state index contributed by atoms with van der Waals surface area (Å²) in [6.45, 7) is 4.00. The van der Waals surface area contributed by atoms with Gasteiger partial charge in [-0.2, -0.15) is 0 Å². The van der Waals surface area contributed by atoms with Crippen molar-refractivity contribution in [2.75, 3.05) is 5.32 Å². The minimum absolute atomic E-state index is 0.134. The fourth-order valence-corrected chi connectivity index (χ4v) is 3.97. The van der Waals surface area contributed by atoms with Crippen LogP contribution in [-0.2, 0) is 17.8 Å². The van der Waals surface area contributed by atoms with Gasteiger partial charge < -0.3 is 10.3 Å². The highest BCUT2D eigenvalue weighted by atomic mass is 16.2. The molecular weight excluding hydrogens is 418 g/mol. The van der Waals surface area contributed by atoms with E-state index in [2.05, 4.69) is 15.3 Å². The van der Waals surface area contributed by atoms with Crippen LogP contribution in [0.1, 0.15) is 49.6 Å². The largest absolute Gasteiger partial charge is 0.336 e. The molecule has 0 aliphatic rings. The number of unbranched alkanes of at least 4 members (excludes halogenated alkanes) is 1. The van der Waals surface area contributed by atoms with E-state index in [0.717, 1.165) is 24.0 Å². The average Bonchev–Trinajstić information content (AvgIpc) is 3.24. The SMILES string of the molecule is CCCCn1c(=O)[nH]c(=O)c2[nH]c(C(Cc3ccccc3)c3ccc(NC(C)=O)cc3)nc21. The summed E-state index contributed by atoms with van der Waals surface area (Å²) in [6.07, 6.45) is 2.38. The molecule has 2 aromatic carbocycles. The molecular formula is C25H27N5O3. The lowest BCUT2D eigenvalue weighted by atomic mass is 9.91. The van der Waals surface area contributed by atoms with E-state index in [9.17, 15) is 14.4 Å². The molecule has 0 saturated heterocycles. The van der Waals surface area contributed by atoms with Gasteiger partial charge in [0.2, 0.25) is 5.91 Å². The van der Waals surface area contributed by atoms with Gasteiger partial charge in [-0.25, -0.2) is 9.78 Å². The number of aryl methyl sites for hydroxylation is 1. The van der Waals surface area contributed by atoms with Crippen LogP contribution in [0.15, 0.2) is 64.2 Å². The van der Waals surface area contributed by atoms with E-state index in [1.165, 1.54) is 11.5 Å². The molecule has 2 aromatic heterocycles. The summed E-state index contributed by atoms with van der Waals surface area (Å²) in [5.41, 5.74) is 2.56. The lowest BCUT2D eigenvalue weighted by Gasteiger charge is -2.16. The third-order valence-electron chi connectivity index (χ3n) is 5.63. The molecule has 0 radical (unpaired) electrons. The lowest BCUT2D eigenvalue weighted by molar-refractivity contribution is -0.114. The summed E-state index contributed by atoms with van der Waals surface area (Å²) < 4.78 is 1.53. The first-order chi connectivity index (χ1) is 16.0. The Kier molecular flexibility index (Phi) is 6.53. The van der Waals surface area contributed by atoms with Gasteiger partial charge in [-0.3, -0.25) is 19.1 Å². The van der Waals surface area contributed by atoms with Gasteiger partial charge in [0.25, 0.3) is 5.56 Å². The molecule has 4 rings (SSSR count). The number of aromatic nitrogens is 4. The van der Waals surface area contributed by atoms with E-state index >= 15 is 0 Å². The molecule has 0 fully saturated rings. The van der Waals surface area contributed by atoms with Crippen LogP contribution in [0.5, 0.6) is 0 Å². The number of hydrogen-bond acceptors (Lipinski definition) is 4. The third kappa shape index (κ3) is 4.95. The molecule has 1 amide bonds. The molecule has 33 heavy (non-hydrogen) atoms. The van der Waals surface area contributed by atoms with Gasteiger partial charge in [0, 0.05) is 25.1 Å². The molecule has 0 aliphatic carbocycles. The summed E-state index contributed by atoms with van der Waals surface area (Å²) >= 11 is 0. The number of rotatable bonds is 8. The first-order valence-electron chi connectivity index (χ1n) is 11.1. The average molecular weight is 446 g/mol. The standard InChI is InChI=1S/C25H27N5O3/c1-3-4-14-30-23-21(24(32)29-25(30)33)27-22(28-23)20(15-17-8-6-5-7-9-17)18-10-12-19(13-11-18)26-16(2)31/h5-13,20H,3-4,14-15H2,1-2H3,(H,26,31)(H,27,28)(H,29,32,33). The monoisotopic (exact) mass is 445 g/mol. The summed E-state index contributed by atoms with van der Waals surface area (Å²) in [5.74, 6) is 0.299. The molecule has 1 atom stereocenters. The molecule has 2 heterocycles. The van der Waals surface area contributed by atoms with Gasteiger partial charge in [0.05, 0.1) is 0 Å². The van der Waals surface area contributed by atoms with Crippen LogP contribution in [0, 0.1) is 0 Å². The Morgan fingerprint density at radius 1 is 1.06 bits per heavy atom. The number of amides is 1. The molecule has 4 aromatic rings. The molecule has 0 bridgehead atoms. The van der Waals surface area contributed by atoms with E-state index in [4.69, 9.17) is 4.98 Å². The van der Waals surface area contributed by atoms with Crippen molar-refractivity contribution in [1.29, 1.82) is 0 Å². The van der Waals surface area contributed by atoms with E-state index in [-0.39, 0.29) is 11.8 Å². The van der Waals surface area contributed by atoms with Crippen LogP contribution in [0.2, 0.25) is 0 Å². The van der Waals surface area contributed by atoms with Crippen molar-refractivity contribution in [2.24, 2.45) is 0 Å². The van der Waals surface area contributed by atoms with Crippen molar-refractivity contribution in [2.45, 2.75) is 45.6 Å². The summed E-state index contributed by atoms with van der Waals surface area (Å²) in [5, 5.41) is 2.78. The Labute approximate surface area is 190 Å². The highest BCUT2D eigenvalue weighted by Gasteiger charge is 2.22. The number of carbonyl (C=O) groups is 1. The fourth-order valence-electron chi connectivity index (χ4n) is 3.97. The van der Waals surface area contributed by atoms with Crippen LogP contribution in [0.4, 0.5) is 5.69 Å². The number of anilines is 1. The Bertz CT molecular complexity index is 1370. The van der Waals surface area contributed by atoms with Gasteiger partial charge in [0.1, 0.15) is 11.3 Å². The van der Waals surface area contributed by atoms with Gasteiger partial charge in [0.15, 0.2) is 5.65 Å². The topological polar surface area (TPSA) is 113 Å². The maximum atomic E-state index is 12.5. The van der Waals surface area contributed by atoms with E-state index in [0.29, 0.717) is 35.6 Å². The van der Waals surface area contributed by atoms with Crippen molar-refractivity contribution in [1.82, 2.24) is 19.5 Å². The highest BCUT2D eigenvalue weighted by molar-refractivity contribution is 5.88. The van der Waals surface area contributed by atoms with Crippen LogP contribution in [0.25, 0.3) is 11.2 Å². The van der Waals surface area contributed by atoms with Crippen LogP contribution >= 0.6 is 0 Å². The van der Waals surface area contributed by atoms with Gasteiger partial charge in [-0.05, 0) is 36.1 Å². The van der Waals surface area contributed by atoms with Crippen molar-refractivity contribution >= 4 is 22.8 Å². The predicted octanol–water partition coefficient (Wildman–Crippen LogP) is 3.55. The Hall–Kier alpha value is -3.94. The van der Waals surface area contributed by atoms with Crippen LogP contribution in [-0.4, -0.2) is 25.4 Å². The number of nitrogens with zero attached hydrogens (tertiary/aromatic N) is 2. The van der Waals surface area contributed by atoms with E-state index in [1.54, 1.807) is 0 Å². The fraction of sp³-hybridized carbons (Fsp3) is 0.280. The van der Waals surface area contributed by atoms with Crippen LogP contribution < -0.4 is 16.6 Å². The summed E-state index contributed by atoms with van der Waals surface area (Å²) in [7, 11) is 0. The number of aromatic amines is 2. The van der Waals surface area contributed by atoms with Crippen molar-refractivity contribution in [3.63, 3.8) is 0 Å². The molecule has 1 unspecified atom stereocenters. The molecule has 170 valence electrons. The molecule has 3 N–H and O–H groups in total. The maximum Gasteiger partial charge on any atom is 0.330 e. The smallest absolute Gasteiger partial charge is 0.330 e. The first-order valence-corrected chi connectivity index (χ1v) is 11.1. The zero-order chi connectivity index (χ0) is 23.4. The predicted molar refractivity (Wildman–Crippen MR) is 129 cm³/mol. The zero-order valence-electron chi connectivity index (χ0n) is 18.7. The summed E-state index contributed by atoms with van der Waals surface area (Å²) in [6, 6.07) is 17.6. The molecule has 8 nitrogen and oxygen atoms in total. The number of carbonyl (C=O) groups excluding carboxylic acids is 1. The minimum Gasteiger partial charge on any atom is -0.336 e. The minimum atomic E-state index is -0.471. The van der Waals surface area contributed by atoms with Gasteiger partial charge in [-0.1, -0.05) is 55.8 Å². The van der Waals surface area contributed by atoms with E-state index < -0.39 is 11.2 Å². The van der Waals surface area contributed by atoms with Gasteiger partial charge >= 0.3 is 5.69 Å². The number of hydrogen-bond donors (Lipinski definition) is 3. The number of benzene rings is 2. The molecule has 0 spiro atoms. The van der Waals surface area contributed by atoms with Crippen molar-refractivity contribution < 1.29 is 4.79 Å².